The maximum atomic E-state index is 10.7. The van der Waals surface area contributed by atoms with E-state index in [4.69, 9.17) is 15.3 Å². The van der Waals surface area contributed by atoms with Gasteiger partial charge in [0.25, 0.3) is 0 Å². The van der Waals surface area contributed by atoms with Crippen LogP contribution in [0.25, 0.3) is 0 Å². The predicted molar refractivity (Wildman–Crippen MR) is 36.0 cm³/mol. The van der Waals surface area contributed by atoms with Crippen LogP contribution < -0.4 is 0 Å². The molecule has 0 aromatic heterocycles. The summed E-state index contributed by atoms with van der Waals surface area (Å²) < 4.78 is 4.54. The molecule has 0 aliphatic carbocycles. The van der Waals surface area contributed by atoms with Gasteiger partial charge in [0.2, 0.25) is 0 Å². The molecule has 0 bridgehead atoms. The van der Waals surface area contributed by atoms with Gasteiger partial charge in [0.1, 0.15) is 18.8 Å². The number of aliphatic hydroxyl groups is 3. The van der Waals surface area contributed by atoms with E-state index in [0.717, 1.165) is 0 Å². The van der Waals surface area contributed by atoms with Gasteiger partial charge in [-0.1, -0.05) is 0 Å². The third-order valence-corrected chi connectivity index (χ3v) is 1.26. The first kappa shape index (κ1) is 10.5. The van der Waals surface area contributed by atoms with Crippen LogP contribution in [0.4, 0.5) is 0 Å². The molecule has 3 N–H and O–H groups in total. The van der Waals surface area contributed by atoms with E-state index in [0.29, 0.717) is 0 Å². The lowest BCUT2D eigenvalue weighted by Crippen LogP contribution is -2.39. The molecule has 0 saturated heterocycles. The van der Waals surface area contributed by atoms with Gasteiger partial charge < -0.3 is 20.1 Å². The predicted octanol–water partition coefficient (Wildman–Crippen LogP) is -2.08. The molecule has 0 aliphatic heterocycles. The third-order valence-electron chi connectivity index (χ3n) is 1.26. The Morgan fingerprint density at radius 1 is 1.55 bits per heavy atom. The average Bonchev–Trinajstić information content (AvgIpc) is 2.05. The molecular formula is C6H12O5. The summed E-state index contributed by atoms with van der Waals surface area (Å²) in [5.41, 5.74) is 0. The van der Waals surface area contributed by atoms with Gasteiger partial charge in [-0.25, -0.2) is 0 Å². The molecule has 2 atom stereocenters. The van der Waals surface area contributed by atoms with Crippen molar-refractivity contribution in [1.82, 2.24) is 0 Å². The third kappa shape index (κ3) is 2.94. The quantitative estimate of drug-likeness (QED) is 0.434. The highest BCUT2D eigenvalue weighted by Gasteiger charge is 2.24. The Balaban J connectivity index is 4.03. The highest BCUT2D eigenvalue weighted by molar-refractivity contribution is 5.84. The Morgan fingerprint density at radius 3 is 2.36 bits per heavy atom. The lowest BCUT2D eigenvalue weighted by Gasteiger charge is -2.16. The lowest BCUT2D eigenvalue weighted by molar-refractivity contribution is -0.140. The van der Waals surface area contributed by atoms with Crippen molar-refractivity contribution in [3.8, 4) is 0 Å². The van der Waals surface area contributed by atoms with E-state index in [1.807, 2.05) is 0 Å². The van der Waals surface area contributed by atoms with Gasteiger partial charge in [0, 0.05) is 7.11 Å². The number of methoxy groups -OCH3 is 1. The minimum absolute atomic E-state index is 0.565. The zero-order valence-corrected chi connectivity index (χ0v) is 6.23. The van der Waals surface area contributed by atoms with E-state index in [9.17, 15) is 4.79 Å². The summed E-state index contributed by atoms with van der Waals surface area (Å²) in [5, 5.41) is 25.7. The largest absolute Gasteiger partial charge is 0.394 e. The first-order chi connectivity index (χ1) is 5.17. The van der Waals surface area contributed by atoms with Gasteiger partial charge >= 0.3 is 0 Å². The molecule has 0 fully saturated rings. The summed E-state index contributed by atoms with van der Waals surface area (Å²) in [6.07, 6.45) is -2.40. The Morgan fingerprint density at radius 2 is 2.09 bits per heavy atom. The molecule has 5 heteroatoms. The molecule has 0 radical (unpaired) electrons. The summed E-state index contributed by atoms with van der Waals surface area (Å²) in [7, 11) is 1.22. The molecule has 0 aliphatic rings. The van der Waals surface area contributed by atoms with Crippen molar-refractivity contribution >= 4 is 5.78 Å². The fourth-order valence-corrected chi connectivity index (χ4v) is 0.689. The monoisotopic (exact) mass is 164 g/mol. The van der Waals surface area contributed by atoms with Gasteiger partial charge in [-0.2, -0.15) is 0 Å². The van der Waals surface area contributed by atoms with Crippen molar-refractivity contribution in [2.24, 2.45) is 0 Å². The summed E-state index contributed by atoms with van der Waals surface area (Å²) in [6.45, 7) is -1.26. The van der Waals surface area contributed by atoms with Crippen molar-refractivity contribution in [1.29, 1.82) is 0 Å². The molecule has 0 spiro atoms. The first-order valence-corrected chi connectivity index (χ1v) is 3.12. The summed E-state index contributed by atoms with van der Waals surface area (Å²) >= 11 is 0. The second-order valence-electron chi connectivity index (χ2n) is 2.03. The number of aliphatic hydroxyl groups excluding tert-OH is 3. The Kier molecular flexibility index (Phi) is 4.97. The van der Waals surface area contributed by atoms with Crippen LogP contribution in [0.3, 0.4) is 0 Å². The highest BCUT2D eigenvalue weighted by Crippen LogP contribution is 1.98. The van der Waals surface area contributed by atoms with Crippen LogP contribution in [0.15, 0.2) is 0 Å². The van der Waals surface area contributed by atoms with Crippen molar-refractivity contribution in [2.45, 2.75) is 12.2 Å². The molecule has 0 aromatic rings. The molecule has 0 aromatic carbocycles. The maximum absolute atomic E-state index is 10.7. The van der Waals surface area contributed by atoms with Crippen molar-refractivity contribution < 1.29 is 24.9 Å². The first-order valence-electron chi connectivity index (χ1n) is 3.12. The van der Waals surface area contributed by atoms with Crippen LogP contribution in [0.2, 0.25) is 0 Å². The number of hydrogen-bond donors (Lipinski definition) is 3. The fraction of sp³-hybridized carbons (Fsp3) is 0.833. The topological polar surface area (TPSA) is 87.0 Å². The van der Waals surface area contributed by atoms with E-state index in [1.165, 1.54) is 7.11 Å². The van der Waals surface area contributed by atoms with Crippen molar-refractivity contribution in [3.05, 3.63) is 0 Å². The smallest absolute Gasteiger partial charge is 0.189 e. The van der Waals surface area contributed by atoms with Crippen molar-refractivity contribution in [2.75, 3.05) is 20.3 Å². The summed E-state index contributed by atoms with van der Waals surface area (Å²) in [4.78, 5) is 10.7. The van der Waals surface area contributed by atoms with Crippen LogP contribution in [-0.4, -0.2) is 53.6 Å². The lowest BCUT2D eigenvalue weighted by atomic mass is 10.1. The second-order valence-corrected chi connectivity index (χ2v) is 2.03. The van der Waals surface area contributed by atoms with E-state index in [1.54, 1.807) is 0 Å². The summed E-state index contributed by atoms with van der Waals surface area (Å²) in [6, 6.07) is 0. The molecule has 0 heterocycles. The van der Waals surface area contributed by atoms with E-state index in [2.05, 4.69) is 4.74 Å². The number of rotatable bonds is 5. The molecule has 11 heavy (non-hydrogen) atoms. The number of Topliss-reactive ketones (excluding diaryl/α,β-unsaturated/α-hetero) is 1. The van der Waals surface area contributed by atoms with Crippen LogP contribution in [0.1, 0.15) is 0 Å². The normalized spacial score (nSPS) is 16.0. The number of hydrogen-bond acceptors (Lipinski definition) is 5. The Hall–Kier alpha value is -0.490. The van der Waals surface area contributed by atoms with Crippen LogP contribution in [0.5, 0.6) is 0 Å². The van der Waals surface area contributed by atoms with E-state index >= 15 is 0 Å². The van der Waals surface area contributed by atoms with Gasteiger partial charge in [0.05, 0.1) is 6.61 Å². The molecule has 2 unspecified atom stereocenters. The number of ketones is 1. The molecule has 0 amide bonds. The zero-order chi connectivity index (χ0) is 8.85. The molecule has 0 saturated carbocycles. The maximum Gasteiger partial charge on any atom is 0.189 e. The van der Waals surface area contributed by atoms with E-state index in [-0.39, 0.29) is 0 Å². The minimum atomic E-state index is -1.26. The van der Waals surface area contributed by atoms with Crippen LogP contribution >= 0.6 is 0 Å². The molecule has 66 valence electrons. The van der Waals surface area contributed by atoms with Gasteiger partial charge in [-0.15, -0.1) is 0 Å². The van der Waals surface area contributed by atoms with Crippen LogP contribution in [-0.2, 0) is 9.53 Å². The average molecular weight is 164 g/mol. The highest BCUT2D eigenvalue weighted by atomic mass is 16.5. The van der Waals surface area contributed by atoms with Crippen LogP contribution in [0, 0.1) is 0 Å². The minimum Gasteiger partial charge on any atom is -0.394 e. The Bertz CT molecular complexity index is 124. The SMILES string of the molecule is COC(C(=O)CO)C(O)CO. The number of carbonyl (C=O) groups excluding carboxylic acids is 1. The van der Waals surface area contributed by atoms with Gasteiger partial charge in [0.15, 0.2) is 5.78 Å². The fourth-order valence-electron chi connectivity index (χ4n) is 0.689. The molecule has 0 rings (SSSR count). The Labute approximate surface area is 64.2 Å². The number of carbonyl (C=O) groups is 1. The second kappa shape index (κ2) is 5.20. The van der Waals surface area contributed by atoms with Gasteiger partial charge in [-0.3, -0.25) is 4.79 Å². The summed E-state index contributed by atoms with van der Waals surface area (Å²) in [5.74, 6) is -0.644. The van der Waals surface area contributed by atoms with Gasteiger partial charge in [-0.05, 0) is 0 Å². The number of ether oxygens (including phenoxy) is 1. The van der Waals surface area contributed by atoms with Crippen molar-refractivity contribution in [3.63, 3.8) is 0 Å². The standard InChI is InChI=1S/C6H12O5/c1-11-6(4(9)2-7)5(10)3-8/h4,6-9H,2-3H2,1H3. The molecule has 5 nitrogen and oxygen atoms in total. The van der Waals surface area contributed by atoms with E-state index < -0.39 is 31.2 Å². The molecular weight excluding hydrogens is 152 g/mol. The zero-order valence-electron chi connectivity index (χ0n) is 6.23.